The standard InChI is InChI=1S/C30H26ClNO5S/c1-34-24-15-18-11-12-32(29(21(18)17-25(24)35-2)20-5-3-4-6-22(20)31)30(33)28-10-9-27(38-28)19-7-8-23-26(16-19)37-14-13-36-23/h3-10,15-17,29H,11-14H2,1-2H3/t29-/m1/s1. The molecular weight excluding hydrogens is 522 g/mol. The van der Waals surface area contributed by atoms with Gasteiger partial charge in [0.2, 0.25) is 0 Å². The Balaban J connectivity index is 1.38. The Morgan fingerprint density at radius 1 is 0.921 bits per heavy atom. The first-order valence-electron chi connectivity index (χ1n) is 12.4. The lowest BCUT2D eigenvalue weighted by atomic mass is 9.87. The van der Waals surface area contributed by atoms with Gasteiger partial charge in [0.25, 0.3) is 5.91 Å². The Morgan fingerprint density at radius 2 is 1.68 bits per heavy atom. The van der Waals surface area contributed by atoms with Crippen LogP contribution in [0.25, 0.3) is 10.4 Å². The van der Waals surface area contributed by atoms with Gasteiger partial charge in [0.15, 0.2) is 23.0 Å². The minimum Gasteiger partial charge on any atom is -0.493 e. The highest BCUT2D eigenvalue weighted by atomic mass is 35.5. The van der Waals surface area contributed by atoms with Crippen LogP contribution in [-0.2, 0) is 6.42 Å². The van der Waals surface area contributed by atoms with E-state index in [1.54, 1.807) is 14.2 Å². The van der Waals surface area contributed by atoms with Crippen molar-refractivity contribution in [3.05, 3.63) is 93.3 Å². The van der Waals surface area contributed by atoms with E-state index in [0.29, 0.717) is 47.6 Å². The highest BCUT2D eigenvalue weighted by Gasteiger charge is 2.35. The first kappa shape index (κ1) is 24.6. The van der Waals surface area contributed by atoms with Crippen LogP contribution in [0.5, 0.6) is 23.0 Å². The zero-order chi connectivity index (χ0) is 26.2. The molecule has 0 saturated carbocycles. The van der Waals surface area contributed by atoms with Crippen LogP contribution in [0.4, 0.5) is 0 Å². The van der Waals surface area contributed by atoms with Gasteiger partial charge >= 0.3 is 0 Å². The second kappa shape index (κ2) is 10.2. The fourth-order valence-corrected chi connectivity index (χ4v) is 6.34. The molecule has 2 aliphatic rings. The maximum Gasteiger partial charge on any atom is 0.264 e. The van der Waals surface area contributed by atoms with E-state index in [1.165, 1.54) is 11.3 Å². The monoisotopic (exact) mass is 547 g/mol. The summed E-state index contributed by atoms with van der Waals surface area (Å²) in [5.41, 5.74) is 3.96. The summed E-state index contributed by atoms with van der Waals surface area (Å²) in [4.78, 5) is 17.6. The van der Waals surface area contributed by atoms with Crippen LogP contribution in [0.15, 0.2) is 66.7 Å². The second-order valence-electron chi connectivity index (χ2n) is 9.10. The van der Waals surface area contributed by atoms with Crippen LogP contribution < -0.4 is 18.9 Å². The lowest BCUT2D eigenvalue weighted by Crippen LogP contribution is -2.40. The molecule has 1 amide bonds. The van der Waals surface area contributed by atoms with Crippen molar-refractivity contribution in [1.29, 1.82) is 0 Å². The summed E-state index contributed by atoms with van der Waals surface area (Å²) in [7, 11) is 3.25. The molecule has 0 unspecified atom stereocenters. The lowest BCUT2D eigenvalue weighted by Gasteiger charge is -2.38. The number of hydrogen-bond acceptors (Lipinski definition) is 6. The molecule has 8 heteroatoms. The highest BCUT2D eigenvalue weighted by molar-refractivity contribution is 7.17. The van der Waals surface area contributed by atoms with Crippen molar-refractivity contribution in [1.82, 2.24) is 4.90 Å². The molecule has 3 aromatic carbocycles. The third kappa shape index (κ3) is 4.36. The average molecular weight is 548 g/mol. The molecule has 3 heterocycles. The van der Waals surface area contributed by atoms with E-state index >= 15 is 0 Å². The Labute approximate surface area is 230 Å². The highest BCUT2D eigenvalue weighted by Crippen LogP contribution is 2.44. The molecule has 38 heavy (non-hydrogen) atoms. The third-order valence-electron chi connectivity index (χ3n) is 6.98. The third-order valence-corrected chi connectivity index (χ3v) is 8.44. The molecule has 1 atom stereocenters. The molecule has 0 aliphatic carbocycles. The predicted octanol–water partition coefficient (Wildman–Crippen LogP) is 6.64. The fourth-order valence-electron chi connectivity index (χ4n) is 5.14. The minimum absolute atomic E-state index is 0.0378. The summed E-state index contributed by atoms with van der Waals surface area (Å²) in [5, 5.41) is 0.612. The first-order chi connectivity index (χ1) is 18.6. The van der Waals surface area contributed by atoms with Crippen molar-refractivity contribution >= 4 is 28.8 Å². The zero-order valence-electron chi connectivity index (χ0n) is 21.0. The Hall–Kier alpha value is -3.68. The molecule has 0 spiro atoms. The summed E-state index contributed by atoms with van der Waals surface area (Å²) in [6, 6.07) is 21.1. The number of amides is 1. The summed E-state index contributed by atoms with van der Waals surface area (Å²) in [5.74, 6) is 2.73. The second-order valence-corrected chi connectivity index (χ2v) is 10.6. The number of methoxy groups -OCH3 is 2. The summed E-state index contributed by atoms with van der Waals surface area (Å²) < 4.78 is 22.6. The predicted molar refractivity (Wildman–Crippen MR) is 148 cm³/mol. The average Bonchev–Trinajstić information content (AvgIpc) is 3.46. The quantitative estimate of drug-likeness (QED) is 0.280. The van der Waals surface area contributed by atoms with Gasteiger partial charge in [-0.1, -0.05) is 29.8 Å². The summed E-state index contributed by atoms with van der Waals surface area (Å²) in [6.45, 7) is 1.63. The molecule has 2 aliphatic heterocycles. The number of halogens is 1. The number of rotatable bonds is 5. The molecule has 0 N–H and O–H groups in total. The zero-order valence-corrected chi connectivity index (χ0v) is 22.6. The van der Waals surface area contributed by atoms with Gasteiger partial charge < -0.3 is 23.8 Å². The van der Waals surface area contributed by atoms with Gasteiger partial charge in [-0.2, -0.15) is 0 Å². The van der Waals surface area contributed by atoms with Crippen molar-refractivity contribution in [3.63, 3.8) is 0 Å². The van der Waals surface area contributed by atoms with E-state index in [1.807, 2.05) is 71.6 Å². The number of carbonyl (C=O) groups is 1. The van der Waals surface area contributed by atoms with Crippen molar-refractivity contribution in [2.24, 2.45) is 0 Å². The van der Waals surface area contributed by atoms with Gasteiger partial charge in [-0.05, 0) is 77.2 Å². The smallest absolute Gasteiger partial charge is 0.264 e. The maximum absolute atomic E-state index is 14.1. The van der Waals surface area contributed by atoms with Gasteiger partial charge in [-0.25, -0.2) is 0 Å². The van der Waals surface area contributed by atoms with E-state index in [2.05, 4.69) is 0 Å². The minimum atomic E-state index is -0.361. The van der Waals surface area contributed by atoms with E-state index in [4.69, 9.17) is 30.5 Å². The van der Waals surface area contributed by atoms with Crippen molar-refractivity contribution in [3.8, 4) is 33.4 Å². The molecule has 1 aromatic heterocycles. The van der Waals surface area contributed by atoms with Crippen LogP contribution in [0.1, 0.15) is 32.4 Å². The van der Waals surface area contributed by atoms with E-state index in [-0.39, 0.29) is 11.9 Å². The van der Waals surface area contributed by atoms with Crippen LogP contribution in [0, 0.1) is 0 Å². The Kier molecular flexibility index (Phi) is 6.64. The largest absolute Gasteiger partial charge is 0.493 e. The number of nitrogens with zero attached hydrogens (tertiary/aromatic N) is 1. The van der Waals surface area contributed by atoms with Gasteiger partial charge in [-0.15, -0.1) is 11.3 Å². The molecule has 0 radical (unpaired) electrons. The number of fused-ring (bicyclic) bond motifs is 2. The Bertz CT molecular complexity index is 1520. The normalized spacial score (nSPS) is 16.1. The van der Waals surface area contributed by atoms with Crippen molar-refractivity contribution in [2.75, 3.05) is 34.0 Å². The van der Waals surface area contributed by atoms with Gasteiger partial charge in [-0.3, -0.25) is 4.79 Å². The first-order valence-corrected chi connectivity index (χ1v) is 13.6. The van der Waals surface area contributed by atoms with Gasteiger partial charge in [0.1, 0.15) is 13.2 Å². The van der Waals surface area contributed by atoms with Crippen LogP contribution in [-0.4, -0.2) is 44.8 Å². The molecule has 4 aromatic rings. The van der Waals surface area contributed by atoms with Crippen LogP contribution in [0.3, 0.4) is 0 Å². The number of carbonyl (C=O) groups excluding carboxylic acids is 1. The molecule has 6 nitrogen and oxygen atoms in total. The fraction of sp³-hybridized carbons (Fsp3) is 0.233. The van der Waals surface area contributed by atoms with Crippen molar-refractivity contribution < 1.29 is 23.7 Å². The molecule has 0 bridgehead atoms. The van der Waals surface area contributed by atoms with Gasteiger partial charge in [0, 0.05) is 16.4 Å². The van der Waals surface area contributed by atoms with E-state index in [9.17, 15) is 4.79 Å². The molecule has 0 fully saturated rings. The van der Waals surface area contributed by atoms with Crippen LogP contribution >= 0.6 is 22.9 Å². The van der Waals surface area contributed by atoms with Crippen LogP contribution in [0.2, 0.25) is 5.02 Å². The summed E-state index contributed by atoms with van der Waals surface area (Å²) in [6.07, 6.45) is 0.697. The number of hydrogen-bond donors (Lipinski definition) is 0. The van der Waals surface area contributed by atoms with E-state index in [0.717, 1.165) is 38.6 Å². The van der Waals surface area contributed by atoms with Gasteiger partial charge in [0.05, 0.1) is 25.1 Å². The molecule has 0 saturated heterocycles. The van der Waals surface area contributed by atoms with E-state index < -0.39 is 0 Å². The topological polar surface area (TPSA) is 57.2 Å². The SMILES string of the molecule is COc1cc2c(cc1OC)[C@@H](c1ccccc1Cl)N(C(=O)c1ccc(-c3ccc4c(c3)OCCO4)s1)CC2. The van der Waals surface area contributed by atoms with Crippen molar-refractivity contribution in [2.45, 2.75) is 12.5 Å². The summed E-state index contributed by atoms with van der Waals surface area (Å²) >= 11 is 8.17. The maximum atomic E-state index is 14.1. The number of benzene rings is 3. The molecule has 194 valence electrons. The molecular formula is C30H26ClNO5S. The molecule has 6 rings (SSSR count). The number of thiophene rings is 1. The number of ether oxygens (including phenoxy) is 4. The Morgan fingerprint density at radius 3 is 2.47 bits per heavy atom. The lowest BCUT2D eigenvalue weighted by molar-refractivity contribution is 0.0699.